The van der Waals surface area contributed by atoms with E-state index in [2.05, 4.69) is 32.3 Å². The summed E-state index contributed by atoms with van der Waals surface area (Å²) in [6, 6.07) is 2.92. The molecule has 3 atom stereocenters. The number of rotatable bonds is 3. The Morgan fingerprint density at radius 3 is 3.28 bits per heavy atom. The van der Waals surface area contributed by atoms with Crippen LogP contribution in [0.25, 0.3) is 0 Å². The van der Waals surface area contributed by atoms with Crippen molar-refractivity contribution in [2.24, 2.45) is 5.73 Å². The molecule has 5 heteroatoms. The first-order chi connectivity index (χ1) is 8.72. The van der Waals surface area contributed by atoms with Crippen LogP contribution < -0.4 is 5.73 Å². The van der Waals surface area contributed by atoms with Gasteiger partial charge in [-0.15, -0.1) is 11.3 Å². The van der Waals surface area contributed by atoms with Crippen molar-refractivity contribution < 1.29 is 4.74 Å². The number of nitrogens with zero attached hydrogens (tertiary/aromatic N) is 1. The second kappa shape index (κ2) is 5.59. The number of hydrogen-bond donors (Lipinski definition) is 1. The van der Waals surface area contributed by atoms with E-state index in [1.165, 1.54) is 24.3 Å². The van der Waals surface area contributed by atoms with Crippen molar-refractivity contribution in [3.8, 4) is 0 Å². The third kappa shape index (κ3) is 2.80. The molecule has 1 aromatic heterocycles. The van der Waals surface area contributed by atoms with Gasteiger partial charge in [-0.05, 0) is 47.8 Å². The molecule has 2 aliphatic rings. The van der Waals surface area contributed by atoms with Gasteiger partial charge in [-0.25, -0.2) is 0 Å². The predicted octanol–water partition coefficient (Wildman–Crippen LogP) is 2.24. The van der Waals surface area contributed by atoms with E-state index in [1.807, 2.05) is 0 Å². The third-order valence-corrected chi connectivity index (χ3v) is 5.67. The summed E-state index contributed by atoms with van der Waals surface area (Å²) in [7, 11) is 0. The zero-order valence-corrected chi connectivity index (χ0v) is 12.8. The zero-order valence-electron chi connectivity index (χ0n) is 10.3. The maximum absolute atomic E-state index is 6.31. The third-order valence-electron chi connectivity index (χ3n) is 3.95. The largest absolute Gasteiger partial charge is 0.374 e. The van der Waals surface area contributed by atoms with E-state index in [-0.39, 0.29) is 12.1 Å². The molecule has 0 radical (unpaired) electrons. The molecule has 0 bridgehead atoms. The smallest absolute Gasteiger partial charge is 0.0856 e. The minimum atomic E-state index is 0.108. The normalized spacial score (nSPS) is 30.3. The molecule has 3 nitrogen and oxygen atoms in total. The van der Waals surface area contributed by atoms with Crippen molar-refractivity contribution in [2.75, 3.05) is 19.7 Å². The van der Waals surface area contributed by atoms with E-state index >= 15 is 0 Å². The van der Waals surface area contributed by atoms with E-state index in [0.29, 0.717) is 6.04 Å². The standard InChI is InChI=1S/C13H19BrN2OS/c14-9-4-11(18-8-9)5-12(15)13-6-16-3-1-2-10(16)7-17-13/h4,8,10,12-13H,1-3,5-7,15H2. The quantitative estimate of drug-likeness (QED) is 0.923. The van der Waals surface area contributed by atoms with E-state index in [4.69, 9.17) is 10.5 Å². The van der Waals surface area contributed by atoms with Crippen molar-refractivity contribution in [1.29, 1.82) is 0 Å². The number of morpholine rings is 1. The number of halogens is 1. The van der Waals surface area contributed by atoms with Gasteiger partial charge in [0.05, 0.1) is 12.7 Å². The Hall–Kier alpha value is 0.0600. The van der Waals surface area contributed by atoms with Crippen molar-refractivity contribution in [3.63, 3.8) is 0 Å². The highest BCUT2D eigenvalue weighted by molar-refractivity contribution is 9.10. The van der Waals surface area contributed by atoms with Gasteiger partial charge in [0, 0.05) is 33.4 Å². The molecule has 0 saturated carbocycles. The fourth-order valence-corrected chi connectivity index (χ4v) is 4.45. The molecule has 2 fully saturated rings. The maximum atomic E-state index is 6.31. The van der Waals surface area contributed by atoms with E-state index in [0.717, 1.165) is 24.0 Å². The van der Waals surface area contributed by atoms with E-state index < -0.39 is 0 Å². The summed E-state index contributed by atoms with van der Waals surface area (Å²) in [5, 5.41) is 2.11. The highest BCUT2D eigenvalue weighted by atomic mass is 79.9. The predicted molar refractivity (Wildman–Crippen MR) is 78.0 cm³/mol. The van der Waals surface area contributed by atoms with Crippen LogP contribution in [0.4, 0.5) is 0 Å². The summed E-state index contributed by atoms with van der Waals surface area (Å²) in [5.74, 6) is 0. The maximum Gasteiger partial charge on any atom is 0.0856 e. The first-order valence-electron chi connectivity index (χ1n) is 6.56. The van der Waals surface area contributed by atoms with Crippen LogP contribution in [0.5, 0.6) is 0 Å². The molecular formula is C13H19BrN2OS. The average molecular weight is 331 g/mol. The SMILES string of the molecule is NC(Cc1cc(Br)cs1)C1CN2CCCC2CO1. The fraction of sp³-hybridized carbons (Fsp3) is 0.692. The minimum absolute atomic E-state index is 0.108. The van der Waals surface area contributed by atoms with Crippen LogP contribution in [0.15, 0.2) is 15.9 Å². The molecule has 0 aromatic carbocycles. The molecule has 0 spiro atoms. The lowest BCUT2D eigenvalue weighted by Gasteiger charge is -2.37. The summed E-state index contributed by atoms with van der Waals surface area (Å²) >= 11 is 5.25. The van der Waals surface area contributed by atoms with Gasteiger partial charge >= 0.3 is 0 Å². The van der Waals surface area contributed by atoms with Crippen molar-refractivity contribution >= 4 is 27.3 Å². The summed E-state index contributed by atoms with van der Waals surface area (Å²) < 4.78 is 7.11. The Bertz CT molecular complexity index is 411. The highest BCUT2D eigenvalue weighted by Crippen LogP contribution is 2.26. The topological polar surface area (TPSA) is 38.5 Å². The monoisotopic (exact) mass is 330 g/mol. The van der Waals surface area contributed by atoms with E-state index in [1.54, 1.807) is 11.3 Å². The fourth-order valence-electron chi connectivity index (χ4n) is 2.93. The number of hydrogen-bond acceptors (Lipinski definition) is 4. The Labute approximate surface area is 120 Å². The molecule has 2 saturated heterocycles. The Kier molecular flexibility index (Phi) is 4.06. The first-order valence-corrected chi connectivity index (χ1v) is 8.24. The van der Waals surface area contributed by atoms with Gasteiger partial charge in [0.2, 0.25) is 0 Å². The molecule has 0 aliphatic carbocycles. The first kappa shape index (κ1) is 13.1. The number of ether oxygens (including phenoxy) is 1. The highest BCUT2D eigenvalue weighted by Gasteiger charge is 2.34. The average Bonchev–Trinajstić information content (AvgIpc) is 2.96. The van der Waals surface area contributed by atoms with Crippen LogP contribution >= 0.6 is 27.3 Å². The molecule has 3 heterocycles. The lowest BCUT2D eigenvalue weighted by Crippen LogP contribution is -2.53. The van der Waals surface area contributed by atoms with Gasteiger partial charge in [0.25, 0.3) is 0 Å². The number of nitrogens with two attached hydrogens (primary N) is 1. The summed E-state index contributed by atoms with van der Waals surface area (Å²) in [6.45, 7) is 3.10. The van der Waals surface area contributed by atoms with Crippen LogP contribution in [0.3, 0.4) is 0 Å². The number of thiophene rings is 1. The van der Waals surface area contributed by atoms with Crippen molar-refractivity contribution in [2.45, 2.75) is 37.5 Å². The van der Waals surface area contributed by atoms with Gasteiger partial charge < -0.3 is 10.5 Å². The van der Waals surface area contributed by atoms with Crippen molar-refractivity contribution in [3.05, 3.63) is 20.8 Å². The lowest BCUT2D eigenvalue weighted by molar-refractivity contribution is -0.0588. The molecule has 1 aromatic rings. The molecule has 3 unspecified atom stereocenters. The zero-order chi connectivity index (χ0) is 12.5. The Morgan fingerprint density at radius 1 is 1.61 bits per heavy atom. The van der Waals surface area contributed by atoms with Crippen LogP contribution in [0.1, 0.15) is 17.7 Å². The van der Waals surface area contributed by atoms with Crippen molar-refractivity contribution in [1.82, 2.24) is 4.90 Å². The lowest BCUT2D eigenvalue weighted by atomic mass is 10.0. The molecule has 2 N–H and O–H groups in total. The van der Waals surface area contributed by atoms with Crippen LogP contribution in [-0.4, -0.2) is 42.8 Å². The molecule has 100 valence electrons. The summed E-state index contributed by atoms with van der Waals surface area (Å²) in [5.41, 5.74) is 6.31. The number of fused-ring (bicyclic) bond motifs is 1. The molecule has 18 heavy (non-hydrogen) atoms. The van der Waals surface area contributed by atoms with Crippen LogP contribution in [0.2, 0.25) is 0 Å². The minimum Gasteiger partial charge on any atom is -0.374 e. The second-order valence-corrected chi connectivity index (χ2v) is 7.17. The van der Waals surface area contributed by atoms with Crippen LogP contribution in [0, 0.1) is 0 Å². The summed E-state index contributed by atoms with van der Waals surface area (Å²) in [6.07, 6.45) is 3.72. The van der Waals surface area contributed by atoms with Gasteiger partial charge in [0.1, 0.15) is 0 Å². The van der Waals surface area contributed by atoms with E-state index in [9.17, 15) is 0 Å². The summed E-state index contributed by atoms with van der Waals surface area (Å²) in [4.78, 5) is 3.89. The molecule has 0 amide bonds. The molecular weight excluding hydrogens is 312 g/mol. The van der Waals surface area contributed by atoms with Crippen LogP contribution in [-0.2, 0) is 11.2 Å². The molecule has 3 rings (SSSR count). The van der Waals surface area contributed by atoms with Gasteiger partial charge in [-0.3, -0.25) is 4.90 Å². The van der Waals surface area contributed by atoms with Gasteiger partial charge in [-0.2, -0.15) is 0 Å². The molecule has 2 aliphatic heterocycles. The Balaban J connectivity index is 1.57. The van der Waals surface area contributed by atoms with Gasteiger partial charge in [0.15, 0.2) is 0 Å². The van der Waals surface area contributed by atoms with Gasteiger partial charge in [-0.1, -0.05) is 0 Å². The Morgan fingerprint density at radius 2 is 2.50 bits per heavy atom. The second-order valence-electron chi connectivity index (χ2n) is 5.26.